The van der Waals surface area contributed by atoms with Crippen LogP contribution in [0, 0.1) is 35.0 Å². The molecule has 140 valence electrons. The van der Waals surface area contributed by atoms with E-state index in [1.54, 1.807) is 6.08 Å². The summed E-state index contributed by atoms with van der Waals surface area (Å²) in [6, 6.07) is 2.12. The second-order valence-electron chi connectivity index (χ2n) is 8.53. The maximum Gasteiger partial charge on any atom is 0.0908 e. The minimum Gasteiger partial charge on any atom is -0.193 e. The molecule has 0 heterocycles. The van der Waals surface area contributed by atoms with Crippen LogP contribution in [0.3, 0.4) is 0 Å². The zero-order chi connectivity index (χ0) is 17.7. The molecule has 25 heavy (non-hydrogen) atoms. The molecule has 0 unspecified atom stereocenters. The third kappa shape index (κ3) is 8.26. The molecule has 2 aliphatic rings. The number of hydrogen-bond donors (Lipinski definition) is 0. The Morgan fingerprint density at radius 1 is 0.720 bits per heavy atom. The molecular formula is C24H39N. The Morgan fingerprint density at radius 3 is 1.80 bits per heavy atom. The van der Waals surface area contributed by atoms with Crippen molar-refractivity contribution in [3.8, 4) is 6.07 Å². The monoisotopic (exact) mass is 341 g/mol. The van der Waals surface area contributed by atoms with Gasteiger partial charge in [0, 0.05) is 6.08 Å². The Labute approximate surface area is 156 Å². The predicted molar refractivity (Wildman–Crippen MR) is 108 cm³/mol. The number of allylic oxidation sites excluding steroid dienone is 4. The minimum absolute atomic E-state index is 0.650. The normalized spacial score (nSPS) is 30.7. The average Bonchev–Trinajstić information content (AvgIpc) is 2.66. The van der Waals surface area contributed by atoms with E-state index in [9.17, 15) is 0 Å². The fourth-order valence-electron chi connectivity index (χ4n) is 4.73. The first-order valence-electron chi connectivity index (χ1n) is 11.1. The highest BCUT2D eigenvalue weighted by Gasteiger charge is 2.21. The Hall–Kier alpha value is -1.03. The van der Waals surface area contributed by atoms with Gasteiger partial charge in [-0.15, -0.1) is 0 Å². The summed E-state index contributed by atoms with van der Waals surface area (Å²) in [6.45, 7) is 2.30. The van der Waals surface area contributed by atoms with E-state index in [4.69, 9.17) is 5.26 Å². The largest absolute Gasteiger partial charge is 0.193 e. The highest BCUT2D eigenvalue weighted by molar-refractivity contribution is 5.05. The van der Waals surface area contributed by atoms with Crippen LogP contribution < -0.4 is 0 Å². The van der Waals surface area contributed by atoms with E-state index in [1.165, 1.54) is 89.9 Å². The lowest BCUT2D eigenvalue weighted by molar-refractivity contribution is 0.287. The molecule has 0 N–H and O–H groups in total. The summed E-state index contributed by atoms with van der Waals surface area (Å²) in [4.78, 5) is 0. The van der Waals surface area contributed by atoms with Crippen LogP contribution in [-0.4, -0.2) is 0 Å². The molecule has 0 aromatic carbocycles. The van der Waals surface area contributed by atoms with Crippen molar-refractivity contribution in [1.82, 2.24) is 0 Å². The van der Waals surface area contributed by atoms with Crippen LogP contribution in [-0.2, 0) is 0 Å². The third-order valence-electron chi connectivity index (χ3n) is 6.52. The van der Waals surface area contributed by atoms with E-state index in [1.807, 2.05) is 0 Å². The molecule has 0 spiro atoms. The molecule has 0 bridgehead atoms. The smallest absolute Gasteiger partial charge is 0.0908 e. The first-order chi connectivity index (χ1) is 12.3. The summed E-state index contributed by atoms with van der Waals surface area (Å²) in [7, 11) is 0. The maximum atomic E-state index is 8.63. The van der Waals surface area contributed by atoms with Gasteiger partial charge in [-0.3, -0.25) is 0 Å². The number of nitriles is 1. The number of rotatable bonds is 9. The van der Waals surface area contributed by atoms with Crippen molar-refractivity contribution in [3.05, 3.63) is 24.3 Å². The molecule has 2 saturated carbocycles. The van der Waals surface area contributed by atoms with Crippen molar-refractivity contribution in [2.75, 3.05) is 0 Å². The van der Waals surface area contributed by atoms with E-state index < -0.39 is 0 Å². The quantitative estimate of drug-likeness (QED) is 0.241. The topological polar surface area (TPSA) is 23.8 Å². The Morgan fingerprint density at radius 2 is 1.24 bits per heavy atom. The molecule has 0 saturated heterocycles. The second-order valence-corrected chi connectivity index (χ2v) is 8.53. The molecule has 0 aromatic heterocycles. The molecule has 2 rings (SSSR count). The molecule has 0 aliphatic heterocycles. The number of hydrogen-bond acceptors (Lipinski definition) is 1. The first kappa shape index (κ1) is 20.3. The van der Waals surface area contributed by atoms with Gasteiger partial charge in [-0.2, -0.15) is 5.26 Å². The highest BCUT2D eigenvalue weighted by Crippen LogP contribution is 2.35. The maximum absolute atomic E-state index is 8.63. The van der Waals surface area contributed by atoms with E-state index in [2.05, 4.69) is 31.2 Å². The van der Waals surface area contributed by atoms with E-state index in [0.29, 0.717) is 5.92 Å². The van der Waals surface area contributed by atoms with E-state index >= 15 is 0 Å². The predicted octanol–water partition coefficient (Wildman–Crippen LogP) is 7.60. The summed E-state index contributed by atoms with van der Waals surface area (Å²) < 4.78 is 0. The van der Waals surface area contributed by atoms with E-state index in [-0.39, 0.29) is 0 Å². The summed E-state index contributed by atoms with van der Waals surface area (Å²) in [5.41, 5.74) is 0. The Balaban J connectivity index is 1.57. The molecular weight excluding hydrogens is 302 g/mol. The molecule has 2 aliphatic carbocycles. The van der Waals surface area contributed by atoms with Gasteiger partial charge in [0.05, 0.1) is 6.07 Å². The van der Waals surface area contributed by atoms with Gasteiger partial charge in [-0.25, -0.2) is 0 Å². The van der Waals surface area contributed by atoms with Gasteiger partial charge in [-0.1, -0.05) is 63.7 Å². The SMILES string of the molecule is CCCCCCCC1CCC(/C=C/C2CCC(C=CC#N)CC2)CC1. The van der Waals surface area contributed by atoms with Gasteiger partial charge in [0.15, 0.2) is 0 Å². The van der Waals surface area contributed by atoms with Crippen molar-refractivity contribution < 1.29 is 0 Å². The number of unbranched alkanes of at least 4 members (excludes halogenated alkanes) is 4. The lowest BCUT2D eigenvalue weighted by Gasteiger charge is -2.28. The van der Waals surface area contributed by atoms with Crippen molar-refractivity contribution in [2.45, 2.75) is 96.8 Å². The summed E-state index contributed by atoms with van der Waals surface area (Å²) in [6.07, 6.45) is 28.5. The van der Waals surface area contributed by atoms with Crippen LogP contribution in [0.25, 0.3) is 0 Å². The molecule has 0 radical (unpaired) electrons. The molecule has 2 fully saturated rings. The van der Waals surface area contributed by atoms with Crippen LogP contribution in [0.5, 0.6) is 0 Å². The fourth-order valence-corrected chi connectivity index (χ4v) is 4.73. The standard InChI is InChI=1S/C24H39N/c1-2-3-4-5-6-8-21-10-14-23(15-11-21)18-19-24-16-12-22(13-17-24)9-7-20-25/h7,9,18-19,21-24H,2-6,8,10-17H2,1H3/b9-7?,19-18+. The van der Waals surface area contributed by atoms with Crippen LogP contribution >= 0.6 is 0 Å². The zero-order valence-corrected chi connectivity index (χ0v) is 16.5. The van der Waals surface area contributed by atoms with Gasteiger partial charge < -0.3 is 0 Å². The molecule has 0 aromatic rings. The third-order valence-corrected chi connectivity index (χ3v) is 6.52. The Kier molecular flexibility index (Phi) is 10.0. The van der Waals surface area contributed by atoms with Crippen molar-refractivity contribution in [3.63, 3.8) is 0 Å². The van der Waals surface area contributed by atoms with Crippen LogP contribution in [0.1, 0.15) is 96.8 Å². The number of nitrogens with zero attached hydrogens (tertiary/aromatic N) is 1. The van der Waals surface area contributed by atoms with Gasteiger partial charge >= 0.3 is 0 Å². The average molecular weight is 342 g/mol. The van der Waals surface area contributed by atoms with Crippen molar-refractivity contribution >= 4 is 0 Å². The first-order valence-corrected chi connectivity index (χ1v) is 11.1. The highest BCUT2D eigenvalue weighted by atomic mass is 14.3. The molecule has 1 nitrogen and oxygen atoms in total. The fraction of sp³-hybridized carbons (Fsp3) is 0.792. The lowest BCUT2D eigenvalue weighted by atomic mass is 9.78. The Bertz CT molecular complexity index is 426. The van der Waals surface area contributed by atoms with Crippen molar-refractivity contribution in [1.29, 1.82) is 5.26 Å². The second kappa shape index (κ2) is 12.3. The van der Waals surface area contributed by atoms with Gasteiger partial charge in [0.1, 0.15) is 0 Å². The van der Waals surface area contributed by atoms with Crippen molar-refractivity contribution in [2.24, 2.45) is 23.7 Å². The molecule has 1 heteroatoms. The van der Waals surface area contributed by atoms with Crippen LogP contribution in [0.2, 0.25) is 0 Å². The van der Waals surface area contributed by atoms with Crippen LogP contribution in [0.15, 0.2) is 24.3 Å². The molecule has 0 atom stereocenters. The van der Waals surface area contributed by atoms with Gasteiger partial charge in [-0.05, 0) is 75.0 Å². The van der Waals surface area contributed by atoms with Crippen LogP contribution in [0.4, 0.5) is 0 Å². The lowest BCUT2D eigenvalue weighted by Crippen LogP contribution is -2.14. The summed E-state index contributed by atoms with van der Waals surface area (Å²) in [5, 5.41) is 8.63. The van der Waals surface area contributed by atoms with Gasteiger partial charge in [0.25, 0.3) is 0 Å². The molecule has 0 amide bonds. The zero-order valence-electron chi connectivity index (χ0n) is 16.5. The minimum atomic E-state index is 0.650. The summed E-state index contributed by atoms with van der Waals surface area (Å²) in [5.74, 6) is 3.32. The van der Waals surface area contributed by atoms with Gasteiger partial charge in [0.2, 0.25) is 0 Å². The van der Waals surface area contributed by atoms with E-state index in [0.717, 1.165) is 17.8 Å². The summed E-state index contributed by atoms with van der Waals surface area (Å²) >= 11 is 0.